The number of aliphatic hydroxyl groups excluding tert-OH is 2. The summed E-state index contributed by atoms with van der Waals surface area (Å²) in [4.78, 5) is 103. The van der Waals surface area contributed by atoms with Gasteiger partial charge in [0.05, 0.1) is 32.8 Å². The van der Waals surface area contributed by atoms with E-state index in [0.717, 1.165) is 5.52 Å². The molecule has 0 bridgehead atoms. The molecule has 1 heterocycles. The van der Waals surface area contributed by atoms with Crippen molar-refractivity contribution in [3.63, 3.8) is 0 Å². The Kier molecular flexibility index (Phi) is 16.5. The number of benzene rings is 2. The van der Waals surface area contributed by atoms with Gasteiger partial charge in [0, 0.05) is 29.9 Å². The number of nitrogens with one attached hydrogen (secondary N) is 8. The first-order valence-electron chi connectivity index (χ1n) is 16.7. The summed E-state index contributed by atoms with van der Waals surface area (Å²) in [5.41, 5.74) is 7.12. The lowest BCUT2D eigenvalue weighted by atomic mass is 10.0. The molecule has 0 unspecified atom stereocenters. The third-order valence-electron chi connectivity index (χ3n) is 7.84. The van der Waals surface area contributed by atoms with E-state index in [2.05, 4.69) is 42.2 Å². The number of carbonyl (C=O) groups is 8. The Morgan fingerprint density at radius 1 is 0.618 bits per heavy atom. The molecule has 21 heteroatoms. The zero-order valence-electron chi connectivity index (χ0n) is 29.3. The number of carboxylic acid groups (broad SMARTS) is 1. The second kappa shape index (κ2) is 21.2. The van der Waals surface area contributed by atoms with Crippen molar-refractivity contribution in [2.24, 2.45) is 5.73 Å². The van der Waals surface area contributed by atoms with E-state index < -0.39 is 111 Å². The standard InChI is InChI=1S/C34H43N9O12/c35-22(16-44)31(52)39-13-28(48)37-12-27(47)38-14-29(49)41-26(17-45)34(55)43-25(10-19-11-36-23-4-2-1-3-21(19)23)33(54)42-24(32(53)40-15-30(50)51)9-18-5-7-20(46)8-6-18/h1-8,11,22,24-26,36,44-46H,9-10,12-17,35H2,(H,37,48)(H,38,47)(H,39,52)(H,40,53)(H,41,49)(H,42,54)(H,43,55)(H,50,51)/t22-,24-,25-,26-/m0/s1. The average Bonchev–Trinajstić information content (AvgIpc) is 3.58. The first-order valence-corrected chi connectivity index (χ1v) is 16.7. The lowest BCUT2D eigenvalue weighted by molar-refractivity contribution is -0.138. The lowest BCUT2D eigenvalue weighted by Gasteiger charge is -2.25. The topological polar surface area (TPSA) is 343 Å². The van der Waals surface area contributed by atoms with Gasteiger partial charge in [-0.1, -0.05) is 30.3 Å². The number of aromatic hydroxyl groups is 1. The van der Waals surface area contributed by atoms with E-state index in [0.29, 0.717) is 16.5 Å². The molecule has 4 atom stereocenters. The molecule has 1 aromatic heterocycles. The van der Waals surface area contributed by atoms with E-state index in [1.807, 2.05) is 0 Å². The maximum absolute atomic E-state index is 13.8. The molecule has 2 aromatic carbocycles. The molecule has 7 amide bonds. The van der Waals surface area contributed by atoms with Gasteiger partial charge in [-0.2, -0.15) is 0 Å². The molecule has 3 aromatic rings. The number of rotatable bonds is 21. The van der Waals surface area contributed by atoms with Crippen LogP contribution in [0.5, 0.6) is 5.75 Å². The highest BCUT2D eigenvalue weighted by Crippen LogP contribution is 2.19. The number of nitrogens with two attached hydrogens (primary N) is 1. The molecular formula is C34H43N9O12. The number of aromatic nitrogens is 1. The molecule has 14 N–H and O–H groups in total. The summed E-state index contributed by atoms with van der Waals surface area (Å²) in [5.74, 6) is -7.43. The summed E-state index contributed by atoms with van der Waals surface area (Å²) < 4.78 is 0. The molecular weight excluding hydrogens is 726 g/mol. The van der Waals surface area contributed by atoms with Crippen molar-refractivity contribution in [1.82, 2.24) is 42.2 Å². The van der Waals surface area contributed by atoms with Crippen LogP contribution in [0.3, 0.4) is 0 Å². The quantitative estimate of drug-likeness (QED) is 0.0483. The Labute approximate surface area is 312 Å². The van der Waals surface area contributed by atoms with Crippen molar-refractivity contribution in [2.45, 2.75) is 37.0 Å². The number of amides is 7. The lowest BCUT2D eigenvalue weighted by Crippen LogP contribution is -2.59. The predicted octanol–water partition coefficient (Wildman–Crippen LogP) is -5.03. The van der Waals surface area contributed by atoms with Crippen LogP contribution in [0.25, 0.3) is 10.9 Å². The van der Waals surface area contributed by atoms with Crippen molar-refractivity contribution in [3.8, 4) is 5.75 Å². The van der Waals surface area contributed by atoms with E-state index >= 15 is 0 Å². The van der Waals surface area contributed by atoms with Crippen LogP contribution in [0.2, 0.25) is 0 Å². The van der Waals surface area contributed by atoms with Crippen molar-refractivity contribution in [2.75, 3.05) is 39.4 Å². The number of carboxylic acids is 1. The summed E-state index contributed by atoms with van der Waals surface area (Å²) >= 11 is 0. The molecule has 21 nitrogen and oxygen atoms in total. The smallest absolute Gasteiger partial charge is 0.322 e. The number of H-pyrrole nitrogens is 1. The third-order valence-corrected chi connectivity index (χ3v) is 7.84. The second-order valence-electron chi connectivity index (χ2n) is 12.0. The zero-order valence-corrected chi connectivity index (χ0v) is 29.3. The third kappa shape index (κ3) is 14.1. The van der Waals surface area contributed by atoms with Gasteiger partial charge in [-0.15, -0.1) is 0 Å². The van der Waals surface area contributed by atoms with Gasteiger partial charge in [-0.05, 0) is 29.3 Å². The Hall–Kier alpha value is -6.58. The van der Waals surface area contributed by atoms with E-state index in [1.54, 1.807) is 30.5 Å². The van der Waals surface area contributed by atoms with Crippen LogP contribution in [0.4, 0.5) is 0 Å². The summed E-state index contributed by atoms with van der Waals surface area (Å²) in [6.07, 6.45) is 1.34. The Morgan fingerprint density at radius 2 is 1.18 bits per heavy atom. The number of aliphatic carboxylic acids is 1. The van der Waals surface area contributed by atoms with Gasteiger partial charge in [0.25, 0.3) is 0 Å². The fourth-order valence-electron chi connectivity index (χ4n) is 4.94. The fourth-order valence-corrected chi connectivity index (χ4v) is 4.94. The molecule has 0 saturated carbocycles. The Balaban J connectivity index is 1.69. The second-order valence-corrected chi connectivity index (χ2v) is 12.0. The molecule has 0 aliphatic carbocycles. The summed E-state index contributed by atoms with van der Waals surface area (Å²) in [5, 5.41) is 54.3. The number of fused-ring (bicyclic) bond motifs is 1. The van der Waals surface area contributed by atoms with Gasteiger partial charge in [-0.25, -0.2) is 0 Å². The first-order chi connectivity index (χ1) is 26.2. The van der Waals surface area contributed by atoms with Crippen LogP contribution in [0.1, 0.15) is 11.1 Å². The molecule has 0 spiro atoms. The average molecular weight is 770 g/mol. The SMILES string of the molecule is N[C@@H](CO)C(=O)NCC(=O)NCC(=O)NCC(=O)N[C@@H](CO)C(=O)N[C@@H](Cc1c[nH]c2ccccc12)C(=O)N[C@@H](Cc1ccc(O)cc1)C(=O)NCC(=O)O. The van der Waals surface area contributed by atoms with Crippen LogP contribution in [-0.4, -0.2) is 136 Å². The zero-order chi connectivity index (χ0) is 40.5. The van der Waals surface area contributed by atoms with Crippen molar-refractivity contribution < 1.29 is 58.8 Å². The molecule has 0 aliphatic heterocycles. The first kappa shape index (κ1) is 42.8. The normalized spacial score (nSPS) is 12.9. The van der Waals surface area contributed by atoms with E-state index in [9.17, 15) is 48.6 Å². The molecule has 0 saturated heterocycles. The van der Waals surface area contributed by atoms with Gasteiger partial charge in [0.1, 0.15) is 36.5 Å². The number of phenols is 1. The van der Waals surface area contributed by atoms with Crippen molar-refractivity contribution in [3.05, 3.63) is 65.9 Å². The number of aliphatic hydroxyl groups is 2. The molecule has 0 fully saturated rings. The monoisotopic (exact) mass is 769 g/mol. The van der Waals surface area contributed by atoms with Gasteiger partial charge in [-0.3, -0.25) is 38.4 Å². The minimum atomic E-state index is -1.62. The van der Waals surface area contributed by atoms with E-state index in [4.69, 9.17) is 15.9 Å². The molecule has 0 radical (unpaired) electrons. The van der Waals surface area contributed by atoms with Crippen molar-refractivity contribution >= 4 is 58.2 Å². The number of hydrogen-bond donors (Lipinski definition) is 13. The van der Waals surface area contributed by atoms with Crippen LogP contribution in [-0.2, 0) is 51.2 Å². The predicted molar refractivity (Wildman–Crippen MR) is 191 cm³/mol. The maximum Gasteiger partial charge on any atom is 0.322 e. The minimum absolute atomic E-state index is 0.0524. The van der Waals surface area contributed by atoms with Gasteiger partial charge >= 0.3 is 5.97 Å². The van der Waals surface area contributed by atoms with E-state index in [-0.39, 0.29) is 18.6 Å². The Morgan fingerprint density at radius 3 is 1.80 bits per heavy atom. The fraction of sp³-hybridized carbons (Fsp3) is 0.353. The molecule has 3 rings (SSSR count). The highest BCUT2D eigenvalue weighted by Gasteiger charge is 2.31. The molecule has 0 aliphatic rings. The van der Waals surface area contributed by atoms with Gasteiger partial charge in [0.2, 0.25) is 41.4 Å². The number of carbonyl (C=O) groups excluding carboxylic acids is 7. The van der Waals surface area contributed by atoms with E-state index in [1.165, 1.54) is 24.3 Å². The van der Waals surface area contributed by atoms with Crippen LogP contribution >= 0.6 is 0 Å². The number of para-hydroxylation sites is 1. The number of aromatic amines is 1. The Bertz CT molecular complexity index is 1850. The summed E-state index contributed by atoms with van der Waals surface area (Å²) in [7, 11) is 0. The minimum Gasteiger partial charge on any atom is -0.508 e. The van der Waals surface area contributed by atoms with Gasteiger partial charge in [0.15, 0.2) is 0 Å². The maximum atomic E-state index is 13.8. The highest BCUT2D eigenvalue weighted by molar-refractivity contribution is 5.96. The van der Waals surface area contributed by atoms with Crippen LogP contribution in [0, 0.1) is 0 Å². The van der Waals surface area contributed by atoms with Crippen LogP contribution < -0.4 is 43.0 Å². The number of hydrogen-bond acceptors (Lipinski definition) is 12. The van der Waals surface area contributed by atoms with Crippen molar-refractivity contribution in [1.29, 1.82) is 0 Å². The number of phenolic OH excluding ortho intramolecular Hbond substituents is 1. The summed E-state index contributed by atoms with van der Waals surface area (Å²) in [6, 6.07) is 7.19. The largest absolute Gasteiger partial charge is 0.508 e. The van der Waals surface area contributed by atoms with Crippen LogP contribution in [0.15, 0.2) is 54.7 Å². The highest BCUT2D eigenvalue weighted by atomic mass is 16.4. The molecule has 55 heavy (non-hydrogen) atoms. The van der Waals surface area contributed by atoms with Gasteiger partial charge < -0.3 is 68.4 Å². The summed E-state index contributed by atoms with van der Waals surface area (Å²) in [6.45, 7) is -4.14. The molecule has 296 valence electrons.